The largest absolute Gasteiger partial charge is 0.493 e. The van der Waals surface area contributed by atoms with Crippen LogP contribution in [-0.2, 0) is 35.3 Å². The zero-order valence-corrected chi connectivity index (χ0v) is 21.8. The van der Waals surface area contributed by atoms with Crippen LogP contribution in [0.3, 0.4) is 0 Å². The van der Waals surface area contributed by atoms with Crippen LogP contribution < -0.4 is 9.57 Å². The summed E-state index contributed by atoms with van der Waals surface area (Å²) >= 11 is 0. The van der Waals surface area contributed by atoms with Crippen molar-refractivity contribution in [2.75, 3.05) is 20.3 Å². The van der Waals surface area contributed by atoms with Crippen molar-refractivity contribution in [1.29, 1.82) is 0 Å². The van der Waals surface area contributed by atoms with Gasteiger partial charge in [0.2, 0.25) is 0 Å². The molecule has 0 amide bonds. The molecule has 0 aliphatic carbocycles. The highest BCUT2D eigenvalue weighted by Gasteiger charge is 2.49. The van der Waals surface area contributed by atoms with Crippen molar-refractivity contribution in [2.24, 2.45) is 5.10 Å². The van der Waals surface area contributed by atoms with Crippen molar-refractivity contribution < 1.29 is 54.2 Å². The lowest BCUT2D eigenvalue weighted by atomic mass is 10.0. The molecule has 0 radical (unpaired) electrons. The van der Waals surface area contributed by atoms with E-state index in [2.05, 4.69) is 14.6 Å². The fourth-order valence-corrected chi connectivity index (χ4v) is 4.20. The number of sulfonamides is 1. The van der Waals surface area contributed by atoms with Gasteiger partial charge in [0.15, 0.2) is 5.71 Å². The molecule has 0 aromatic heterocycles. The number of methoxy groups -OCH3 is 1. The van der Waals surface area contributed by atoms with E-state index >= 15 is 8.78 Å². The topological polar surface area (TPSA) is 120 Å². The van der Waals surface area contributed by atoms with Gasteiger partial charge in [0.05, 0.1) is 25.9 Å². The molecule has 9 nitrogen and oxygen atoms in total. The molecule has 2 aromatic rings. The quantitative estimate of drug-likeness (QED) is 0.131. The third-order valence-electron chi connectivity index (χ3n) is 4.99. The summed E-state index contributed by atoms with van der Waals surface area (Å²) in [5.74, 6) is -7.48. The molecular weight excluding hydrogens is 555 g/mol. The first-order valence-electron chi connectivity index (χ1n) is 11.3. The summed E-state index contributed by atoms with van der Waals surface area (Å²) in [6.45, 7) is 2.11. The number of rotatable bonds is 12. The summed E-state index contributed by atoms with van der Waals surface area (Å²) in [6.07, 6.45) is -5.04. The number of aryl methyl sites for hydroxylation is 1. The van der Waals surface area contributed by atoms with E-state index in [-0.39, 0.29) is 25.2 Å². The molecule has 0 unspecified atom stereocenters. The molecule has 0 saturated heterocycles. The van der Waals surface area contributed by atoms with E-state index in [4.69, 9.17) is 4.74 Å². The first-order chi connectivity index (χ1) is 18.1. The Labute approximate surface area is 221 Å². The molecule has 0 heterocycles. The summed E-state index contributed by atoms with van der Waals surface area (Å²) in [5, 5.41) is 3.22. The second-order valence-electron chi connectivity index (χ2n) is 7.87. The Hall–Kier alpha value is -3.75. The standard InChI is InChI=1S/C24H25F5N2O7S/c1-4-37-22(33)23(25,26)21(16-14-15(2)11-12-18(16)38-13-7-10-20(32)36-3)30-31-39(34,35)19-9-6-5-8-17(19)24(27,28)29/h5-6,8-9,11-12,14,31H,4,7,10,13H2,1-3H3. The highest BCUT2D eigenvalue weighted by Crippen LogP contribution is 2.34. The number of hydrogen-bond acceptors (Lipinski definition) is 8. The normalized spacial score (nSPS) is 12.6. The average molecular weight is 581 g/mol. The Bertz CT molecular complexity index is 1330. The van der Waals surface area contributed by atoms with Crippen molar-refractivity contribution in [3.63, 3.8) is 0 Å². The number of carbonyl (C=O) groups excluding carboxylic acids is 2. The molecule has 2 aromatic carbocycles. The van der Waals surface area contributed by atoms with Gasteiger partial charge in [-0.05, 0) is 44.5 Å². The van der Waals surface area contributed by atoms with Crippen LogP contribution >= 0.6 is 0 Å². The van der Waals surface area contributed by atoms with Gasteiger partial charge < -0.3 is 14.2 Å². The molecular formula is C24H25F5N2O7S. The first-order valence-corrected chi connectivity index (χ1v) is 12.7. The van der Waals surface area contributed by atoms with Crippen molar-refractivity contribution in [3.05, 3.63) is 59.2 Å². The Kier molecular flexibility index (Phi) is 10.4. The zero-order valence-electron chi connectivity index (χ0n) is 21.0. The van der Waals surface area contributed by atoms with Gasteiger partial charge in [-0.15, -0.1) is 0 Å². The van der Waals surface area contributed by atoms with E-state index in [1.807, 2.05) is 0 Å². The number of hydrogen-bond donors (Lipinski definition) is 1. The van der Waals surface area contributed by atoms with E-state index in [1.54, 1.807) is 0 Å². The van der Waals surface area contributed by atoms with Crippen molar-refractivity contribution in [2.45, 2.75) is 43.7 Å². The number of carbonyl (C=O) groups is 2. The number of esters is 2. The van der Waals surface area contributed by atoms with Gasteiger partial charge in [-0.25, -0.2) is 4.79 Å². The van der Waals surface area contributed by atoms with Crippen LogP contribution in [0.25, 0.3) is 0 Å². The number of hydrazone groups is 1. The van der Waals surface area contributed by atoms with Gasteiger partial charge in [-0.3, -0.25) is 4.79 Å². The van der Waals surface area contributed by atoms with Crippen LogP contribution in [0.5, 0.6) is 5.75 Å². The molecule has 2 rings (SSSR count). The first kappa shape index (κ1) is 31.5. The number of nitrogens with one attached hydrogen (secondary N) is 1. The highest BCUT2D eigenvalue weighted by atomic mass is 32.2. The molecule has 0 saturated carbocycles. The molecule has 0 atom stereocenters. The molecule has 0 fully saturated rings. The Morgan fingerprint density at radius 3 is 2.33 bits per heavy atom. The minimum Gasteiger partial charge on any atom is -0.493 e. The van der Waals surface area contributed by atoms with E-state index in [9.17, 15) is 31.2 Å². The van der Waals surface area contributed by atoms with Crippen molar-refractivity contribution in [3.8, 4) is 5.75 Å². The van der Waals surface area contributed by atoms with Crippen LogP contribution in [0, 0.1) is 6.92 Å². The van der Waals surface area contributed by atoms with E-state index in [0.717, 1.165) is 18.2 Å². The molecule has 0 aliphatic rings. The van der Waals surface area contributed by atoms with Gasteiger partial charge >= 0.3 is 24.0 Å². The predicted octanol–water partition coefficient (Wildman–Crippen LogP) is 4.23. The molecule has 15 heteroatoms. The number of alkyl halides is 5. The van der Waals surface area contributed by atoms with Gasteiger partial charge in [0.25, 0.3) is 10.0 Å². The fraction of sp³-hybridized carbons (Fsp3) is 0.375. The minimum absolute atomic E-state index is 0.0595. The maximum absolute atomic E-state index is 15.3. The lowest BCUT2D eigenvalue weighted by molar-refractivity contribution is -0.162. The number of halogens is 5. The van der Waals surface area contributed by atoms with E-state index in [0.29, 0.717) is 17.7 Å². The van der Waals surface area contributed by atoms with Crippen LogP contribution in [0.1, 0.15) is 36.5 Å². The van der Waals surface area contributed by atoms with Crippen LogP contribution in [0.4, 0.5) is 22.0 Å². The zero-order chi connectivity index (χ0) is 29.4. The molecule has 0 aliphatic heterocycles. The van der Waals surface area contributed by atoms with Gasteiger partial charge in [-0.2, -0.15) is 40.3 Å². The lowest BCUT2D eigenvalue weighted by Crippen LogP contribution is -2.41. The summed E-state index contributed by atoms with van der Waals surface area (Å²) in [6, 6.07) is 6.87. The summed E-state index contributed by atoms with van der Waals surface area (Å²) in [4.78, 5) is 23.6. The van der Waals surface area contributed by atoms with Gasteiger partial charge in [-0.1, -0.05) is 23.8 Å². The highest BCUT2D eigenvalue weighted by molar-refractivity contribution is 7.89. The minimum atomic E-state index is -5.17. The Balaban J connectivity index is 2.61. The Morgan fingerprint density at radius 2 is 1.72 bits per heavy atom. The average Bonchev–Trinajstić information content (AvgIpc) is 2.87. The monoisotopic (exact) mass is 580 g/mol. The number of ether oxygens (including phenoxy) is 3. The SMILES string of the molecule is CCOC(=O)C(F)(F)C(=NNS(=O)(=O)c1ccccc1C(F)(F)F)c1cc(C)ccc1OCCCC(=O)OC. The van der Waals surface area contributed by atoms with Gasteiger partial charge in [0.1, 0.15) is 10.6 Å². The number of nitrogens with zero attached hydrogens (tertiary/aromatic N) is 1. The summed E-state index contributed by atoms with van der Waals surface area (Å²) < 4.78 is 111. The lowest BCUT2D eigenvalue weighted by Gasteiger charge is -2.20. The molecule has 214 valence electrons. The summed E-state index contributed by atoms with van der Waals surface area (Å²) in [7, 11) is -3.99. The van der Waals surface area contributed by atoms with Crippen LogP contribution in [0.2, 0.25) is 0 Å². The maximum atomic E-state index is 15.3. The Morgan fingerprint density at radius 1 is 1.05 bits per heavy atom. The molecule has 0 spiro atoms. The molecule has 0 bridgehead atoms. The molecule has 39 heavy (non-hydrogen) atoms. The second-order valence-corrected chi connectivity index (χ2v) is 9.50. The third-order valence-corrected chi connectivity index (χ3v) is 6.26. The maximum Gasteiger partial charge on any atom is 0.417 e. The van der Waals surface area contributed by atoms with E-state index < -0.39 is 62.4 Å². The number of benzene rings is 2. The smallest absolute Gasteiger partial charge is 0.417 e. The van der Waals surface area contributed by atoms with Crippen LogP contribution in [-0.4, -0.2) is 52.3 Å². The predicted molar refractivity (Wildman–Crippen MR) is 128 cm³/mol. The summed E-state index contributed by atoms with van der Waals surface area (Å²) in [5.41, 5.74) is -3.22. The van der Waals surface area contributed by atoms with Crippen molar-refractivity contribution in [1.82, 2.24) is 4.83 Å². The van der Waals surface area contributed by atoms with E-state index in [1.165, 1.54) is 37.9 Å². The fourth-order valence-electron chi connectivity index (χ4n) is 3.16. The van der Waals surface area contributed by atoms with Gasteiger partial charge in [0, 0.05) is 12.0 Å². The van der Waals surface area contributed by atoms with Crippen molar-refractivity contribution >= 4 is 27.7 Å². The third kappa shape index (κ3) is 8.12. The van der Waals surface area contributed by atoms with Crippen LogP contribution in [0.15, 0.2) is 52.5 Å². The second kappa shape index (κ2) is 12.9. The molecule has 1 N–H and O–H groups in total.